The van der Waals surface area contributed by atoms with Crippen molar-refractivity contribution in [3.63, 3.8) is 0 Å². The minimum atomic E-state index is 0.231. The van der Waals surface area contributed by atoms with Gasteiger partial charge in [0.15, 0.2) is 5.11 Å². The van der Waals surface area contributed by atoms with Gasteiger partial charge in [0.1, 0.15) is 0 Å². The van der Waals surface area contributed by atoms with Gasteiger partial charge in [-0.1, -0.05) is 36.8 Å². The average molecular weight is 247 g/mol. The summed E-state index contributed by atoms with van der Waals surface area (Å²) in [5.41, 5.74) is 10.6. The first-order valence-electron chi connectivity index (χ1n) is 5.94. The van der Waals surface area contributed by atoms with Crippen molar-refractivity contribution in [2.24, 2.45) is 10.8 Å². The van der Waals surface area contributed by atoms with E-state index in [1.807, 2.05) is 6.07 Å². The fourth-order valence-corrected chi connectivity index (χ4v) is 2.35. The van der Waals surface area contributed by atoms with Gasteiger partial charge in [0.25, 0.3) is 0 Å². The molecule has 4 heteroatoms. The molecule has 0 bridgehead atoms. The molecular formula is C13H17N3S. The highest BCUT2D eigenvalue weighted by Crippen LogP contribution is 2.30. The lowest BCUT2D eigenvalue weighted by Crippen LogP contribution is -2.28. The molecule has 0 radical (unpaired) electrons. The highest BCUT2D eigenvalue weighted by molar-refractivity contribution is 7.80. The van der Waals surface area contributed by atoms with Crippen molar-refractivity contribution in [2.45, 2.75) is 31.6 Å². The maximum Gasteiger partial charge on any atom is 0.184 e. The first-order chi connectivity index (χ1) is 8.27. The minimum absolute atomic E-state index is 0.231. The third-order valence-corrected chi connectivity index (χ3v) is 3.18. The summed E-state index contributed by atoms with van der Waals surface area (Å²) in [5, 5.41) is 4.57. The Morgan fingerprint density at radius 3 is 2.76 bits per heavy atom. The Morgan fingerprint density at radius 1 is 1.29 bits per heavy atom. The fraction of sp³-hybridized carbons (Fsp3) is 0.385. The maximum absolute atomic E-state index is 5.41. The number of rotatable bonds is 2. The SMILES string of the molecule is NC(=S)N/N=C1\CCCCC1c1ccccc1. The Labute approximate surface area is 107 Å². The summed E-state index contributed by atoms with van der Waals surface area (Å²) in [6.45, 7) is 0. The van der Waals surface area contributed by atoms with Crippen LogP contribution in [0.4, 0.5) is 0 Å². The second-order valence-electron chi connectivity index (χ2n) is 4.29. The number of hydrogen-bond donors (Lipinski definition) is 2. The summed E-state index contributed by atoms with van der Waals surface area (Å²) in [6.07, 6.45) is 4.63. The minimum Gasteiger partial charge on any atom is -0.375 e. The van der Waals surface area contributed by atoms with E-state index in [1.54, 1.807) is 0 Å². The van der Waals surface area contributed by atoms with E-state index in [1.165, 1.54) is 18.4 Å². The molecule has 1 atom stereocenters. The first kappa shape index (κ1) is 12.0. The molecule has 1 fully saturated rings. The molecule has 17 heavy (non-hydrogen) atoms. The van der Waals surface area contributed by atoms with Gasteiger partial charge < -0.3 is 5.73 Å². The van der Waals surface area contributed by atoms with Crippen LogP contribution in [-0.4, -0.2) is 10.8 Å². The van der Waals surface area contributed by atoms with Crippen LogP contribution in [0.1, 0.15) is 37.2 Å². The molecule has 2 rings (SSSR count). The second kappa shape index (κ2) is 5.77. The largest absolute Gasteiger partial charge is 0.375 e. The number of nitrogens with one attached hydrogen (secondary N) is 1. The van der Waals surface area contributed by atoms with Crippen LogP contribution in [0, 0.1) is 0 Å². The fourth-order valence-electron chi connectivity index (χ4n) is 2.30. The van der Waals surface area contributed by atoms with Gasteiger partial charge in [0, 0.05) is 11.6 Å². The summed E-state index contributed by atoms with van der Waals surface area (Å²) < 4.78 is 0. The van der Waals surface area contributed by atoms with E-state index >= 15 is 0 Å². The first-order valence-corrected chi connectivity index (χ1v) is 6.35. The van der Waals surface area contributed by atoms with Crippen molar-refractivity contribution in [1.29, 1.82) is 0 Å². The van der Waals surface area contributed by atoms with E-state index in [-0.39, 0.29) is 5.11 Å². The molecule has 1 aromatic carbocycles. The Morgan fingerprint density at radius 2 is 2.06 bits per heavy atom. The third-order valence-electron chi connectivity index (χ3n) is 3.09. The molecule has 1 unspecified atom stereocenters. The Hall–Kier alpha value is -1.42. The summed E-state index contributed by atoms with van der Waals surface area (Å²) in [4.78, 5) is 0. The molecule has 0 saturated heterocycles. The Balaban J connectivity index is 2.18. The summed E-state index contributed by atoms with van der Waals surface area (Å²) in [7, 11) is 0. The predicted octanol–water partition coefficient (Wildman–Crippen LogP) is 2.53. The van der Waals surface area contributed by atoms with Gasteiger partial charge in [-0.25, -0.2) is 0 Å². The molecule has 1 saturated carbocycles. The van der Waals surface area contributed by atoms with Crippen LogP contribution in [0.3, 0.4) is 0 Å². The number of thiocarbonyl (C=S) groups is 1. The monoisotopic (exact) mass is 247 g/mol. The molecule has 1 aromatic rings. The van der Waals surface area contributed by atoms with Gasteiger partial charge in [-0.15, -0.1) is 0 Å². The van der Waals surface area contributed by atoms with Crippen LogP contribution in [0.2, 0.25) is 0 Å². The van der Waals surface area contributed by atoms with Crippen molar-refractivity contribution in [2.75, 3.05) is 0 Å². The van der Waals surface area contributed by atoms with E-state index < -0.39 is 0 Å². The van der Waals surface area contributed by atoms with Crippen molar-refractivity contribution < 1.29 is 0 Å². The van der Waals surface area contributed by atoms with E-state index in [9.17, 15) is 0 Å². The second-order valence-corrected chi connectivity index (χ2v) is 4.73. The summed E-state index contributed by atoms with van der Waals surface area (Å²) in [6, 6.07) is 10.5. The van der Waals surface area contributed by atoms with E-state index in [2.05, 4.69) is 34.8 Å². The van der Waals surface area contributed by atoms with Gasteiger partial charge in [-0.05, 0) is 37.0 Å². The maximum atomic E-state index is 5.41. The molecule has 1 aliphatic rings. The number of nitrogens with zero attached hydrogens (tertiary/aromatic N) is 1. The molecule has 0 amide bonds. The normalized spacial score (nSPS) is 22.4. The number of hydrogen-bond acceptors (Lipinski definition) is 2. The van der Waals surface area contributed by atoms with E-state index in [0.717, 1.165) is 18.6 Å². The lowest BCUT2D eigenvalue weighted by atomic mass is 9.82. The van der Waals surface area contributed by atoms with Crippen LogP contribution in [0.25, 0.3) is 0 Å². The van der Waals surface area contributed by atoms with Gasteiger partial charge >= 0.3 is 0 Å². The molecule has 0 aliphatic heterocycles. The smallest absolute Gasteiger partial charge is 0.184 e. The van der Waals surface area contributed by atoms with Crippen LogP contribution in [0.15, 0.2) is 35.4 Å². The molecule has 3 nitrogen and oxygen atoms in total. The standard InChI is InChI=1S/C13H17N3S/c14-13(17)16-15-12-9-5-4-8-11(12)10-6-2-1-3-7-10/h1-3,6-7,11H,4-5,8-9H2,(H3,14,16,17)/b15-12+. The van der Waals surface area contributed by atoms with Crippen LogP contribution in [0.5, 0.6) is 0 Å². The number of nitrogens with two attached hydrogens (primary N) is 1. The van der Waals surface area contributed by atoms with Crippen molar-refractivity contribution in [3.8, 4) is 0 Å². The third kappa shape index (κ3) is 3.27. The molecule has 90 valence electrons. The van der Waals surface area contributed by atoms with Gasteiger partial charge in [-0.3, -0.25) is 5.43 Å². The zero-order valence-corrected chi connectivity index (χ0v) is 10.5. The molecule has 1 aliphatic carbocycles. The summed E-state index contributed by atoms with van der Waals surface area (Å²) >= 11 is 4.78. The van der Waals surface area contributed by atoms with Crippen molar-refractivity contribution >= 4 is 23.0 Å². The zero-order chi connectivity index (χ0) is 12.1. The molecule has 3 N–H and O–H groups in total. The van der Waals surface area contributed by atoms with Gasteiger partial charge in [0.2, 0.25) is 0 Å². The molecule has 0 heterocycles. The number of hydrazone groups is 1. The highest BCUT2D eigenvalue weighted by Gasteiger charge is 2.21. The van der Waals surface area contributed by atoms with E-state index in [4.69, 9.17) is 18.0 Å². The lowest BCUT2D eigenvalue weighted by Gasteiger charge is -2.24. The highest BCUT2D eigenvalue weighted by atomic mass is 32.1. The summed E-state index contributed by atoms with van der Waals surface area (Å²) in [5.74, 6) is 0.409. The number of benzene rings is 1. The molecular weight excluding hydrogens is 230 g/mol. The van der Waals surface area contributed by atoms with Crippen LogP contribution >= 0.6 is 12.2 Å². The topological polar surface area (TPSA) is 50.4 Å². The Kier molecular flexibility index (Phi) is 4.09. The zero-order valence-electron chi connectivity index (χ0n) is 9.73. The lowest BCUT2D eigenvalue weighted by molar-refractivity contribution is 0.608. The average Bonchev–Trinajstić information content (AvgIpc) is 2.38. The molecule has 0 aromatic heterocycles. The quantitative estimate of drug-likeness (QED) is 0.623. The van der Waals surface area contributed by atoms with Gasteiger partial charge in [-0.2, -0.15) is 5.10 Å². The van der Waals surface area contributed by atoms with E-state index in [0.29, 0.717) is 5.92 Å². The van der Waals surface area contributed by atoms with Crippen LogP contribution in [-0.2, 0) is 0 Å². The van der Waals surface area contributed by atoms with Crippen LogP contribution < -0.4 is 11.2 Å². The Bertz CT molecular complexity index is 414. The predicted molar refractivity (Wildman–Crippen MR) is 75.0 cm³/mol. The van der Waals surface area contributed by atoms with Gasteiger partial charge in [0.05, 0.1) is 0 Å². The molecule has 0 spiro atoms. The van der Waals surface area contributed by atoms with Crippen molar-refractivity contribution in [1.82, 2.24) is 5.43 Å². The van der Waals surface area contributed by atoms with Crippen molar-refractivity contribution in [3.05, 3.63) is 35.9 Å².